The van der Waals surface area contributed by atoms with Crippen LogP contribution in [0.2, 0.25) is 0 Å². The normalized spacial score (nSPS) is 11.0. The summed E-state index contributed by atoms with van der Waals surface area (Å²) in [6.07, 6.45) is 2.99. The number of anilines is 2. The molecule has 0 spiro atoms. The molecule has 3 aromatic heterocycles. The Bertz CT molecular complexity index is 1470. The van der Waals surface area contributed by atoms with E-state index in [0.29, 0.717) is 10.9 Å². The van der Waals surface area contributed by atoms with Gasteiger partial charge in [-0.3, -0.25) is 15.1 Å². The van der Waals surface area contributed by atoms with Gasteiger partial charge >= 0.3 is 5.69 Å². The molecule has 3 heterocycles. The van der Waals surface area contributed by atoms with Gasteiger partial charge in [-0.05, 0) is 30.3 Å². The average Bonchev–Trinajstić information content (AvgIpc) is 3.20. The highest BCUT2D eigenvalue weighted by molar-refractivity contribution is 7.99. The molecule has 0 aliphatic carbocycles. The standard InChI is InChI=1S/C21H14N6O3S2/c1-30-13-7-8-14-16(10-13)32-21(25-14)26-19-18(27(28)29)20(24-11-23-19)31-15-6-2-4-12-5-3-9-22-17(12)15/h2-11H,1H3,(H,23,24,25,26). The summed E-state index contributed by atoms with van der Waals surface area (Å²) in [5, 5.41) is 16.6. The van der Waals surface area contributed by atoms with Gasteiger partial charge < -0.3 is 10.1 Å². The van der Waals surface area contributed by atoms with Crippen molar-refractivity contribution >= 4 is 60.9 Å². The monoisotopic (exact) mass is 462 g/mol. The van der Waals surface area contributed by atoms with E-state index in [9.17, 15) is 10.1 Å². The van der Waals surface area contributed by atoms with Crippen LogP contribution in [-0.4, -0.2) is 32.0 Å². The molecular weight excluding hydrogens is 448 g/mol. The van der Waals surface area contributed by atoms with Crippen molar-refractivity contribution in [3.8, 4) is 5.75 Å². The van der Waals surface area contributed by atoms with Gasteiger partial charge in [-0.2, -0.15) is 0 Å². The lowest BCUT2D eigenvalue weighted by Gasteiger charge is -2.08. The molecule has 5 aromatic rings. The van der Waals surface area contributed by atoms with Crippen molar-refractivity contribution in [3.05, 3.63) is 71.2 Å². The summed E-state index contributed by atoms with van der Waals surface area (Å²) in [4.78, 5) is 29.4. The third kappa shape index (κ3) is 3.79. The van der Waals surface area contributed by atoms with E-state index in [1.807, 2.05) is 48.5 Å². The fourth-order valence-corrected chi connectivity index (χ4v) is 5.03. The second-order valence-corrected chi connectivity index (χ2v) is 8.61. The highest BCUT2D eigenvalue weighted by Gasteiger charge is 2.25. The lowest BCUT2D eigenvalue weighted by Crippen LogP contribution is -2.02. The van der Waals surface area contributed by atoms with Crippen molar-refractivity contribution in [1.29, 1.82) is 0 Å². The first-order valence-corrected chi connectivity index (χ1v) is 11.0. The molecule has 0 saturated carbocycles. The summed E-state index contributed by atoms with van der Waals surface area (Å²) in [5.74, 6) is 0.787. The van der Waals surface area contributed by atoms with Crippen molar-refractivity contribution < 1.29 is 9.66 Å². The van der Waals surface area contributed by atoms with E-state index in [-0.39, 0.29) is 16.5 Å². The molecule has 0 atom stereocenters. The van der Waals surface area contributed by atoms with Crippen LogP contribution >= 0.6 is 23.1 Å². The highest BCUT2D eigenvalue weighted by Crippen LogP contribution is 2.40. The third-order valence-electron chi connectivity index (χ3n) is 4.59. The molecule has 2 aromatic carbocycles. The molecule has 5 rings (SSSR count). The van der Waals surface area contributed by atoms with Gasteiger partial charge in [-0.25, -0.2) is 15.0 Å². The first kappa shape index (κ1) is 20.1. The molecule has 0 amide bonds. The number of benzene rings is 2. The number of fused-ring (bicyclic) bond motifs is 2. The molecular formula is C21H14N6O3S2. The van der Waals surface area contributed by atoms with Crippen molar-refractivity contribution in [2.45, 2.75) is 9.92 Å². The van der Waals surface area contributed by atoms with Gasteiger partial charge in [0.1, 0.15) is 12.1 Å². The maximum Gasteiger partial charge on any atom is 0.344 e. The second kappa shape index (κ2) is 8.36. The van der Waals surface area contributed by atoms with Crippen molar-refractivity contribution in [2.75, 3.05) is 12.4 Å². The molecule has 0 aliphatic heterocycles. The van der Waals surface area contributed by atoms with E-state index in [2.05, 4.69) is 25.3 Å². The minimum Gasteiger partial charge on any atom is -0.497 e. The van der Waals surface area contributed by atoms with E-state index < -0.39 is 4.92 Å². The summed E-state index contributed by atoms with van der Waals surface area (Å²) in [6.45, 7) is 0. The van der Waals surface area contributed by atoms with Gasteiger partial charge in [0, 0.05) is 16.5 Å². The molecule has 158 valence electrons. The molecule has 0 aliphatic rings. The largest absolute Gasteiger partial charge is 0.497 e. The van der Waals surface area contributed by atoms with Crippen LogP contribution in [0.3, 0.4) is 0 Å². The number of pyridine rings is 1. The molecule has 0 radical (unpaired) electrons. The van der Waals surface area contributed by atoms with Crippen molar-refractivity contribution in [2.24, 2.45) is 0 Å². The number of hydrogen-bond acceptors (Lipinski definition) is 10. The van der Waals surface area contributed by atoms with Crippen LogP contribution in [0.15, 0.2) is 71.0 Å². The predicted octanol–water partition coefficient (Wildman–Crippen LogP) is 5.45. The van der Waals surface area contributed by atoms with Crippen LogP contribution in [0, 0.1) is 10.1 Å². The molecule has 0 fully saturated rings. The average molecular weight is 463 g/mol. The zero-order valence-electron chi connectivity index (χ0n) is 16.6. The molecule has 0 saturated heterocycles. The second-order valence-electron chi connectivity index (χ2n) is 6.54. The van der Waals surface area contributed by atoms with Crippen LogP contribution < -0.4 is 10.1 Å². The number of nitro groups is 1. The van der Waals surface area contributed by atoms with Crippen LogP contribution in [0.5, 0.6) is 5.75 Å². The van der Waals surface area contributed by atoms with Gasteiger partial charge in [0.15, 0.2) is 10.2 Å². The van der Waals surface area contributed by atoms with E-state index in [1.165, 1.54) is 29.4 Å². The lowest BCUT2D eigenvalue weighted by molar-refractivity contribution is -0.387. The first-order valence-electron chi connectivity index (χ1n) is 9.35. The Balaban J connectivity index is 1.53. The minimum absolute atomic E-state index is 0.0757. The number of thiazole rings is 1. The van der Waals surface area contributed by atoms with E-state index in [0.717, 1.165) is 26.0 Å². The molecule has 0 bridgehead atoms. The molecule has 32 heavy (non-hydrogen) atoms. The summed E-state index contributed by atoms with van der Waals surface area (Å²) >= 11 is 2.53. The summed E-state index contributed by atoms with van der Waals surface area (Å²) in [5.41, 5.74) is 1.29. The lowest BCUT2D eigenvalue weighted by atomic mass is 10.2. The van der Waals surface area contributed by atoms with Crippen molar-refractivity contribution in [1.82, 2.24) is 19.9 Å². The number of nitrogens with zero attached hydrogens (tertiary/aromatic N) is 5. The fraction of sp³-hybridized carbons (Fsp3) is 0.0476. The van der Waals surface area contributed by atoms with Crippen LogP contribution in [-0.2, 0) is 0 Å². The minimum atomic E-state index is -0.487. The molecule has 9 nitrogen and oxygen atoms in total. The number of rotatable bonds is 6. The number of methoxy groups -OCH3 is 1. The van der Waals surface area contributed by atoms with E-state index in [4.69, 9.17) is 4.74 Å². The smallest absolute Gasteiger partial charge is 0.344 e. The summed E-state index contributed by atoms with van der Waals surface area (Å²) < 4.78 is 6.13. The number of para-hydroxylation sites is 1. The molecule has 1 N–H and O–H groups in total. The predicted molar refractivity (Wildman–Crippen MR) is 124 cm³/mol. The first-order chi connectivity index (χ1) is 15.6. The maximum atomic E-state index is 12.0. The Morgan fingerprint density at radius 2 is 2.00 bits per heavy atom. The van der Waals surface area contributed by atoms with Gasteiger partial charge in [0.05, 0.1) is 27.8 Å². The topological polar surface area (TPSA) is 116 Å². The van der Waals surface area contributed by atoms with Crippen molar-refractivity contribution in [3.63, 3.8) is 0 Å². The fourth-order valence-electron chi connectivity index (χ4n) is 3.14. The molecule has 0 unspecified atom stereocenters. The van der Waals surface area contributed by atoms with Crippen LogP contribution in [0.4, 0.5) is 16.6 Å². The quantitative estimate of drug-likeness (QED) is 0.200. The number of ether oxygens (including phenoxy) is 1. The van der Waals surface area contributed by atoms with Gasteiger partial charge in [0.25, 0.3) is 0 Å². The molecule has 11 heteroatoms. The Kier molecular flexibility index (Phi) is 5.25. The zero-order chi connectivity index (χ0) is 22.1. The van der Waals surface area contributed by atoms with Gasteiger partial charge in [0.2, 0.25) is 5.82 Å². The third-order valence-corrected chi connectivity index (χ3v) is 6.57. The Morgan fingerprint density at radius 1 is 1.12 bits per heavy atom. The Labute approximate surface area is 189 Å². The zero-order valence-corrected chi connectivity index (χ0v) is 18.2. The Hall–Kier alpha value is -3.83. The number of nitrogens with one attached hydrogen (secondary N) is 1. The highest BCUT2D eigenvalue weighted by atomic mass is 32.2. The van der Waals surface area contributed by atoms with E-state index >= 15 is 0 Å². The SMILES string of the molecule is COc1ccc2nc(Nc3ncnc(Sc4cccc5cccnc45)c3[N+](=O)[O-])sc2c1. The summed E-state index contributed by atoms with van der Waals surface area (Å²) in [6, 6.07) is 15.0. The van der Waals surface area contributed by atoms with E-state index in [1.54, 1.807) is 13.3 Å². The van der Waals surface area contributed by atoms with Gasteiger partial charge in [-0.15, -0.1) is 0 Å². The maximum absolute atomic E-state index is 12.0. The number of hydrogen-bond donors (Lipinski definition) is 1. The van der Waals surface area contributed by atoms with Crippen LogP contribution in [0.25, 0.3) is 21.1 Å². The Morgan fingerprint density at radius 3 is 2.84 bits per heavy atom. The van der Waals surface area contributed by atoms with Gasteiger partial charge in [-0.1, -0.05) is 41.3 Å². The number of aromatic nitrogens is 4. The van der Waals surface area contributed by atoms with Crippen LogP contribution in [0.1, 0.15) is 0 Å². The summed E-state index contributed by atoms with van der Waals surface area (Å²) in [7, 11) is 1.59.